The molecule has 0 radical (unpaired) electrons. The molecule has 0 saturated heterocycles. The predicted octanol–water partition coefficient (Wildman–Crippen LogP) is 2.10. The van der Waals surface area contributed by atoms with Gasteiger partial charge in [-0.1, -0.05) is 19.4 Å². The van der Waals surface area contributed by atoms with Crippen molar-refractivity contribution in [2.45, 2.75) is 26.2 Å². The van der Waals surface area contributed by atoms with E-state index in [9.17, 15) is 14.4 Å². The zero-order chi connectivity index (χ0) is 20.4. The van der Waals surface area contributed by atoms with E-state index in [1.807, 2.05) is 35.7 Å². The third-order valence-corrected chi connectivity index (χ3v) is 4.99. The van der Waals surface area contributed by atoms with Crippen LogP contribution in [0.5, 0.6) is 0 Å². The average Bonchev–Trinajstić information content (AvgIpc) is 3.26. The van der Waals surface area contributed by atoms with Crippen molar-refractivity contribution in [1.82, 2.24) is 24.8 Å². The van der Waals surface area contributed by atoms with Crippen LogP contribution in [-0.2, 0) is 6.42 Å². The number of unbranched alkanes of at least 4 members (excludes halogenated alkanes) is 1. The number of hydrogen-bond acceptors (Lipinski definition) is 5. The summed E-state index contributed by atoms with van der Waals surface area (Å²) in [6.07, 6.45) is 4.04. The van der Waals surface area contributed by atoms with E-state index >= 15 is 0 Å². The Morgan fingerprint density at radius 1 is 1.07 bits per heavy atom. The number of carbonyl (C=O) groups excluding carboxylic acids is 3. The second-order valence-corrected chi connectivity index (χ2v) is 6.93. The summed E-state index contributed by atoms with van der Waals surface area (Å²) in [6, 6.07) is 10.3. The fourth-order valence-electron chi connectivity index (χ4n) is 3.40. The van der Waals surface area contributed by atoms with E-state index in [2.05, 4.69) is 15.5 Å². The number of rotatable bonds is 7. The van der Waals surface area contributed by atoms with Crippen LogP contribution in [0.15, 0.2) is 42.6 Å². The first kappa shape index (κ1) is 18.8. The largest absolute Gasteiger partial charge is 0.352 e. The van der Waals surface area contributed by atoms with Crippen LogP contribution in [0.3, 0.4) is 0 Å². The van der Waals surface area contributed by atoms with E-state index in [4.69, 9.17) is 0 Å². The van der Waals surface area contributed by atoms with E-state index in [1.54, 1.807) is 12.1 Å². The lowest BCUT2D eigenvalue weighted by Crippen LogP contribution is -2.30. The number of carbonyl (C=O) groups is 3. The summed E-state index contributed by atoms with van der Waals surface area (Å²) in [5.41, 5.74) is 1.76. The first-order valence-corrected chi connectivity index (χ1v) is 9.67. The Kier molecular flexibility index (Phi) is 5.07. The van der Waals surface area contributed by atoms with Gasteiger partial charge in [0.15, 0.2) is 5.65 Å². The topological polar surface area (TPSA) is 96.7 Å². The van der Waals surface area contributed by atoms with Gasteiger partial charge in [-0.25, -0.2) is 0 Å². The van der Waals surface area contributed by atoms with E-state index in [1.165, 1.54) is 11.0 Å². The van der Waals surface area contributed by atoms with Gasteiger partial charge < -0.3 is 5.32 Å². The van der Waals surface area contributed by atoms with Gasteiger partial charge in [0.2, 0.25) is 0 Å². The number of aromatic nitrogens is 3. The van der Waals surface area contributed by atoms with E-state index in [0.717, 1.165) is 24.3 Å². The molecule has 29 heavy (non-hydrogen) atoms. The predicted molar refractivity (Wildman–Crippen MR) is 106 cm³/mol. The second-order valence-electron chi connectivity index (χ2n) is 6.93. The quantitative estimate of drug-likeness (QED) is 0.622. The maximum absolute atomic E-state index is 12.5. The molecule has 0 saturated carbocycles. The smallest absolute Gasteiger partial charge is 0.261 e. The van der Waals surface area contributed by atoms with Crippen molar-refractivity contribution in [1.29, 1.82) is 0 Å². The number of pyridine rings is 1. The van der Waals surface area contributed by atoms with Gasteiger partial charge in [-0.15, -0.1) is 10.2 Å². The summed E-state index contributed by atoms with van der Waals surface area (Å²) in [5.74, 6) is -0.164. The molecule has 1 aliphatic heterocycles. The van der Waals surface area contributed by atoms with Gasteiger partial charge in [-0.3, -0.25) is 23.7 Å². The van der Waals surface area contributed by atoms with Gasteiger partial charge in [0, 0.05) is 31.3 Å². The minimum Gasteiger partial charge on any atom is -0.352 e. The van der Waals surface area contributed by atoms with Crippen molar-refractivity contribution in [3.05, 3.63) is 65.1 Å². The highest BCUT2D eigenvalue weighted by atomic mass is 16.2. The Labute approximate surface area is 167 Å². The van der Waals surface area contributed by atoms with Crippen LogP contribution in [0, 0.1) is 0 Å². The van der Waals surface area contributed by atoms with Crippen LogP contribution in [0.25, 0.3) is 5.65 Å². The lowest BCUT2D eigenvalue weighted by atomic mass is 10.1. The summed E-state index contributed by atoms with van der Waals surface area (Å²) in [7, 11) is 0. The molecule has 0 unspecified atom stereocenters. The van der Waals surface area contributed by atoms with E-state index < -0.39 is 0 Å². The number of amides is 3. The summed E-state index contributed by atoms with van der Waals surface area (Å²) in [6.45, 7) is 2.78. The molecule has 0 spiro atoms. The molecule has 1 aliphatic rings. The van der Waals surface area contributed by atoms with Gasteiger partial charge in [0.25, 0.3) is 17.7 Å². The number of benzene rings is 1. The first-order valence-electron chi connectivity index (χ1n) is 9.67. The molecule has 0 atom stereocenters. The van der Waals surface area contributed by atoms with Crippen LogP contribution in [0.2, 0.25) is 0 Å². The third-order valence-electron chi connectivity index (χ3n) is 4.99. The molecule has 0 fully saturated rings. The number of nitrogens with zero attached hydrogens (tertiary/aromatic N) is 4. The number of imide groups is 1. The molecule has 0 bridgehead atoms. The van der Waals surface area contributed by atoms with Crippen LogP contribution in [0.4, 0.5) is 0 Å². The molecule has 1 aromatic carbocycles. The van der Waals surface area contributed by atoms with Crippen molar-refractivity contribution in [2.24, 2.45) is 0 Å². The number of nitrogens with one attached hydrogen (secondary N) is 1. The molecular weight excluding hydrogens is 370 g/mol. The van der Waals surface area contributed by atoms with E-state index in [0.29, 0.717) is 36.2 Å². The molecule has 2 aromatic heterocycles. The lowest BCUT2D eigenvalue weighted by molar-refractivity contribution is 0.0652. The standard InChI is InChI=1S/C21H21N5O3/c1-2-3-11-26-20(28)15-8-7-14(13-16(15)21(26)29)19(27)22-10-9-18-24-23-17-6-4-5-12-25(17)18/h4-8,12-13H,2-3,9-11H2,1H3,(H,22,27). The molecule has 1 N–H and O–H groups in total. The normalized spacial score (nSPS) is 13.2. The Morgan fingerprint density at radius 3 is 2.72 bits per heavy atom. The molecule has 8 heteroatoms. The number of fused-ring (bicyclic) bond motifs is 2. The van der Waals surface area contributed by atoms with Gasteiger partial charge in [0.05, 0.1) is 11.1 Å². The van der Waals surface area contributed by atoms with Crippen LogP contribution < -0.4 is 5.32 Å². The fraction of sp³-hybridized carbons (Fsp3) is 0.286. The Hall–Kier alpha value is -3.55. The molecule has 0 aliphatic carbocycles. The Morgan fingerprint density at radius 2 is 1.90 bits per heavy atom. The molecule has 8 nitrogen and oxygen atoms in total. The highest BCUT2D eigenvalue weighted by Crippen LogP contribution is 2.24. The Bertz CT molecular complexity index is 1100. The Balaban J connectivity index is 1.42. The summed E-state index contributed by atoms with van der Waals surface area (Å²) in [5, 5.41) is 11.1. The zero-order valence-corrected chi connectivity index (χ0v) is 16.1. The summed E-state index contributed by atoms with van der Waals surface area (Å²) >= 11 is 0. The summed E-state index contributed by atoms with van der Waals surface area (Å²) in [4.78, 5) is 38.7. The molecular formula is C21H21N5O3. The second kappa shape index (κ2) is 7.83. The van der Waals surface area contributed by atoms with Crippen molar-refractivity contribution < 1.29 is 14.4 Å². The van der Waals surface area contributed by atoms with Crippen LogP contribution in [0.1, 0.15) is 56.7 Å². The SMILES string of the molecule is CCCCN1C(=O)c2ccc(C(=O)NCCc3nnc4ccccn34)cc2C1=O. The molecule has 3 aromatic rings. The van der Waals surface area contributed by atoms with Crippen molar-refractivity contribution in [3.8, 4) is 0 Å². The molecule has 148 valence electrons. The maximum atomic E-state index is 12.5. The van der Waals surface area contributed by atoms with E-state index in [-0.39, 0.29) is 17.7 Å². The summed E-state index contributed by atoms with van der Waals surface area (Å²) < 4.78 is 1.87. The molecule has 3 heterocycles. The van der Waals surface area contributed by atoms with Crippen molar-refractivity contribution in [2.75, 3.05) is 13.1 Å². The molecule has 4 rings (SSSR count). The minimum atomic E-state index is -0.331. The maximum Gasteiger partial charge on any atom is 0.261 e. The van der Waals surface area contributed by atoms with Crippen LogP contribution in [-0.4, -0.2) is 50.3 Å². The van der Waals surface area contributed by atoms with Gasteiger partial charge in [0.1, 0.15) is 5.82 Å². The average molecular weight is 391 g/mol. The third kappa shape index (κ3) is 3.49. The van der Waals surface area contributed by atoms with Gasteiger partial charge in [-0.2, -0.15) is 0 Å². The number of hydrogen-bond donors (Lipinski definition) is 1. The zero-order valence-electron chi connectivity index (χ0n) is 16.1. The lowest BCUT2D eigenvalue weighted by Gasteiger charge is -2.12. The minimum absolute atomic E-state index is 0.288. The van der Waals surface area contributed by atoms with Gasteiger partial charge in [-0.05, 0) is 36.8 Å². The van der Waals surface area contributed by atoms with Crippen molar-refractivity contribution in [3.63, 3.8) is 0 Å². The fourth-order valence-corrected chi connectivity index (χ4v) is 3.40. The van der Waals surface area contributed by atoms with Gasteiger partial charge >= 0.3 is 0 Å². The highest BCUT2D eigenvalue weighted by molar-refractivity contribution is 6.22. The van der Waals surface area contributed by atoms with Crippen molar-refractivity contribution >= 4 is 23.4 Å². The molecule has 3 amide bonds. The van der Waals surface area contributed by atoms with Crippen LogP contribution >= 0.6 is 0 Å². The highest BCUT2D eigenvalue weighted by Gasteiger charge is 2.35. The monoisotopic (exact) mass is 391 g/mol. The first-order chi connectivity index (χ1) is 14.1.